The van der Waals surface area contributed by atoms with E-state index in [1.165, 1.54) is 0 Å². The Hall–Kier alpha value is -2.61. The Bertz CT molecular complexity index is 697. The van der Waals surface area contributed by atoms with Crippen LogP contribution in [-0.4, -0.2) is 60.4 Å². The molecule has 1 fully saturated rings. The molecular weight excluding hydrogens is 312 g/mol. The largest absolute Gasteiger partial charge is 0.497 e. The highest BCUT2D eigenvalue weighted by atomic mass is 16.5. The molecule has 0 radical (unpaired) electrons. The number of nitrogens with zero attached hydrogens (tertiary/aromatic N) is 3. The maximum atomic E-state index is 12.4. The summed E-state index contributed by atoms with van der Waals surface area (Å²) in [7, 11) is 1.60. The summed E-state index contributed by atoms with van der Waals surface area (Å²) in [5.41, 5.74) is 0.776. The highest BCUT2D eigenvalue weighted by molar-refractivity contribution is 5.83. The Morgan fingerprint density at radius 1 is 1.38 bits per heavy atom. The van der Waals surface area contributed by atoms with Crippen LogP contribution in [0.2, 0.25) is 0 Å². The summed E-state index contributed by atoms with van der Waals surface area (Å²) in [5.74, 6) is 1.13. The van der Waals surface area contributed by atoms with Crippen molar-refractivity contribution in [3.63, 3.8) is 0 Å². The molecule has 1 N–H and O–H groups in total. The van der Waals surface area contributed by atoms with Crippen molar-refractivity contribution in [2.75, 3.05) is 38.7 Å². The van der Waals surface area contributed by atoms with Crippen LogP contribution in [0.25, 0.3) is 11.4 Å². The van der Waals surface area contributed by atoms with Gasteiger partial charge in [0.25, 0.3) is 0 Å². The second-order valence-corrected chi connectivity index (χ2v) is 5.46. The van der Waals surface area contributed by atoms with Gasteiger partial charge in [-0.2, -0.15) is 4.98 Å². The highest BCUT2D eigenvalue weighted by Crippen LogP contribution is 2.22. The third-order valence-electron chi connectivity index (χ3n) is 3.79. The van der Waals surface area contributed by atoms with Crippen molar-refractivity contribution in [3.8, 4) is 17.1 Å². The molecule has 1 saturated heterocycles. The fraction of sp³-hybridized carbons (Fsp3) is 0.438. The fourth-order valence-corrected chi connectivity index (χ4v) is 2.47. The fourth-order valence-electron chi connectivity index (χ4n) is 2.47. The van der Waals surface area contributed by atoms with Gasteiger partial charge in [-0.3, -0.25) is 4.79 Å². The third-order valence-corrected chi connectivity index (χ3v) is 3.79. The minimum Gasteiger partial charge on any atom is -0.497 e. The Morgan fingerprint density at radius 3 is 2.92 bits per heavy atom. The maximum absolute atomic E-state index is 12.4. The van der Waals surface area contributed by atoms with Gasteiger partial charge in [-0.1, -0.05) is 17.3 Å². The molecule has 1 atom stereocenters. The number of carbonyl (C=O) groups is 1. The monoisotopic (exact) mass is 332 g/mol. The molecule has 2 heterocycles. The van der Waals surface area contributed by atoms with E-state index in [0.29, 0.717) is 37.9 Å². The number of benzene rings is 1. The summed E-state index contributed by atoms with van der Waals surface area (Å²) in [6, 6.07) is 7.12. The summed E-state index contributed by atoms with van der Waals surface area (Å²) >= 11 is 0. The first-order chi connectivity index (χ1) is 11.7. The lowest BCUT2D eigenvalue weighted by molar-refractivity contribution is -0.135. The van der Waals surface area contributed by atoms with Gasteiger partial charge in [-0.15, -0.1) is 0 Å². The summed E-state index contributed by atoms with van der Waals surface area (Å²) in [4.78, 5) is 18.4. The molecule has 0 aliphatic carbocycles. The topological polar surface area (TPSA) is 89.7 Å². The van der Waals surface area contributed by atoms with Gasteiger partial charge < -0.3 is 24.2 Å². The number of amides is 1. The SMILES string of the molecule is COc1cccc(-c2noc(NC(C)C(=O)N3CCOCC3)n2)c1. The molecule has 24 heavy (non-hydrogen) atoms. The zero-order valence-corrected chi connectivity index (χ0v) is 13.7. The zero-order chi connectivity index (χ0) is 16.9. The Morgan fingerprint density at radius 2 is 2.17 bits per heavy atom. The van der Waals surface area contributed by atoms with E-state index >= 15 is 0 Å². The number of carbonyl (C=O) groups excluding carboxylic acids is 1. The molecule has 128 valence electrons. The summed E-state index contributed by atoms with van der Waals surface area (Å²) in [6.45, 7) is 4.11. The van der Waals surface area contributed by atoms with Crippen LogP contribution in [0.15, 0.2) is 28.8 Å². The van der Waals surface area contributed by atoms with Gasteiger partial charge in [0.15, 0.2) is 0 Å². The second kappa shape index (κ2) is 7.31. The Kier molecular flexibility index (Phi) is 4.95. The molecule has 0 spiro atoms. The number of anilines is 1. The zero-order valence-electron chi connectivity index (χ0n) is 13.7. The normalized spacial score (nSPS) is 15.8. The van der Waals surface area contributed by atoms with E-state index in [0.717, 1.165) is 5.56 Å². The molecule has 1 aromatic heterocycles. The first-order valence-electron chi connectivity index (χ1n) is 7.78. The number of hydrogen-bond acceptors (Lipinski definition) is 7. The van der Waals surface area contributed by atoms with E-state index in [1.54, 1.807) is 18.9 Å². The standard InChI is InChI=1S/C16H20N4O4/c1-11(15(21)20-6-8-23-9-7-20)17-16-18-14(19-24-16)12-4-3-5-13(10-12)22-2/h3-5,10-11H,6-9H2,1-2H3,(H,17,18,19). The number of morpholine rings is 1. The van der Waals surface area contributed by atoms with Crippen LogP contribution in [0, 0.1) is 0 Å². The molecule has 1 aromatic carbocycles. The molecule has 1 aliphatic heterocycles. The summed E-state index contributed by atoms with van der Waals surface area (Å²) in [6.07, 6.45) is 0. The number of nitrogens with one attached hydrogen (secondary N) is 1. The maximum Gasteiger partial charge on any atom is 0.322 e. The van der Waals surface area contributed by atoms with Gasteiger partial charge in [0.2, 0.25) is 11.7 Å². The smallest absolute Gasteiger partial charge is 0.322 e. The van der Waals surface area contributed by atoms with Crippen LogP contribution >= 0.6 is 0 Å². The number of aromatic nitrogens is 2. The van der Waals surface area contributed by atoms with Gasteiger partial charge in [-0.05, 0) is 19.1 Å². The van der Waals surface area contributed by atoms with E-state index in [1.807, 2.05) is 24.3 Å². The van der Waals surface area contributed by atoms with Gasteiger partial charge in [0, 0.05) is 18.7 Å². The lowest BCUT2D eigenvalue weighted by Gasteiger charge is -2.29. The molecule has 0 bridgehead atoms. The number of rotatable bonds is 5. The van der Waals surface area contributed by atoms with Crippen LogP contribution in [-0.2, 0) is 9.53 Å². The van der Waals surface area contributed by atoms with E-state index in [9.17, 15) is 4.79 Å². The lowest BCUT2D eigenvalue weighted by Crippen LogP contribution is -2.47. The quantitative estimate of drug-likeness (QED) is 0.885. The average molecular weight is 332 g/mol. The lowest BCUT2D eigenvalue weighted by atomic mass is 10.2. The molecule has 8 heteroatoms. The third kappa shape index (κ3) is 3.65. The molecule has 2 aromatic rings. The van der Waals surface area contributed by atoms with Gasteiger partial charge >= 0.3 is 6.01 Å². The van der Waals surface area contributed by atoms with E-state index < -0.39 is 6.04 Å². The van der Waals surface area contributed by atoms with Gasteiger partial charge in [-0.25, -0.2) is 0 Å². The molecular formula is C16H20N4O4. The second-order valence-electron chi connectivity index (χ2n) is 5.46. The predicted octanol–water partition coefficient (Wildman–Crippen LogP) is 1.40. The van der Waals surface area contributed by atoms with E-state index in [-0.39, 0.29) is 11.9 Å². The van der Waals surface area contributed by atoms with Crippen LogP contribution in [0.1, 0.15) is 6.92 Å². The van der Waals surface area contributed by atoms with Crippen molar-refractivity contribution in [1.29, 1.82) is 0 Å². The summed E-state index contributed by atoms with van der Waals surface area (Å²) < 4.78 is 15.6. The van der Waals surface area contributed by atoms with Crippen molar-refractivity contribution >= 4 is 11.9 Å². The van der Waals surface area contributed by atoms with Crippen LogP contribution in [0.5, 0.6) is 5.75 Å². The van der Waals surface area contributed by atoms with E-state index in [2.05, 4.69) is 15.5 Å². The highest BCUT2D eigenvalue weighted by Gasteiger charge is 2.23. The van der Waals surface area contributed by atoms with Gasteiger partial charge in [0.05, 0.1) is 20.3 Å². The minimum atomic E-state index is -0.457. The molecule has 1 unspecified atom stereocenters. The van der Waals surface area contributed by atoms with Crippen LogP contribution in [0.3, 0.4) is 0 Å². The molecule has 8 nitrogen and oxygen atoms in total. The minimum absolute atomic E-state index is 0.0144. The van der Waals surface area contributed by atoms with Crippen molar-refractivity contribution in [2.24, 2.45) is 0 Å². The number of ether oxygens (including phenoxy) is 2. The van der Waals surface area contributed by atoms with Crippen molar-refractivity contribution < 1.29 is 18.8 Å². The van der Waals surface area contributed by atoms with Crippen molar-refractivity contribution in [2.45, 2.75) is 13.0 Å². The van der Waals surface area contributed by atoms with Gasteiger partial charge in [0.1, 0.15) is 11.8 Å². The van der Waals surface area contributed by atoms with Crippen LogP contribution in [0.4, 0.5) is 6.01 Å². The molecule has 1 aliphatic rings. The average Bonchev–Trinajstić information content (AvgIpc) is 3.10. The Labute approximate surface area is 139 Å². The first kappa shape index (κ1) is 16.3. The number of hydrogen-bond donors (Lipinski definition) is 1. The van der Waals surface area contributed by atoms with Crippen molar-refractivity contribution in [1.82, 2.24) is 15.0 Å². The molecule has 0 saturated carbocycles. The molecule has 1 amide bonds. The Balaban J connectivity index is 1.65. The first-order valence-corrected chi connectivity index (χ1v) is 7.78. The van der Waals surface area contributed by atoms with Crippen LogP contribution < -0.4 is 10.1 Å². The predicted molar refractivity (Wildman–Crippen MR) is 86.8 cm³/mol. The summed E-state index contributed by atoms with van der Waals surface area (Å²) in [5, 5.41) is 6.89. The van der Waals surface area contributed by atoms with E-state index in [4.69, 9.17) is 14.0 Å². The van der Waals surface area contributed by atoms with Crippen molar-refractivity contribution in [3.05, 3.63) is 24.3 Å². The molecule has 3 rings (SSSR count). The number of methoxy groups -OCH3 is 1.